The number of azo groups is 1. The van der Waals surface area contributed by atoms with E-state index in [-0.39, 0.29) is 5.97 Å². The molecular weight excluding hydrogens is 701 g/mol. The van der Waals surface area contributed by atoms with E-state index in [1.807, 2.05) is 85.8 Å². The van der Waals surface area contributed by atoms with Crippen LogP contribution >= 0.6 is 0 Å². The van der Waals surface area contributed by atoms with Crippen LogP contribution in [0.5, 0.6) is 23.0 Å². The Balaban J connectivity index is 1.08. The van der Waals surface area contributed by atoms with Gasteiger partial charge < -0.3 is 18.9 Å². The number of carbonyl (C=O) groups excluding carboxylic acids is 2. The lowest BCUT2D eigenvalue weighted by Crippen LogP contribution is -2.09. The van der Waals surface area contributed by atoms with Gasteiger partial charge in [-0.1, -0.05) is 112 Å². The zero-order valence-corrected chi connectivity index (χ0v) is 32.8. The minimum atomic E-state index is -0.503. The molecule has 5 aromatic carbocycles. The van der Waals surface area contributed by atoms with E-state index < -0.39 is 5.97 Å². The van der Waals surface area contributed by atoms with Gasteiger partial charge in [0.25, 0.3) is 0 Å². The molecule has 0 spiro atoms. The van der Waals surface area contributed by atoms with Crippen molar-refractivity contribution in [1.29, 1.82) is 0 Å². The highest BCUT2D eigenvalue weighted by Crippen LogP contribution is 2.31. The standard InChI is InChI=1S/C48H54N2O6/c1-3-4-5-6-7-8-9-15-32-53-43-28-24-40(25-29-43)48(52)56-46-35-42(50-49-41-26-20-37(2)21-27-41)34-45(36-46)54-33-16-11-14-19-47(51)55-44-30-22-39(23-31-44)38-17-12-10-13-18-38/h10,12-13,17-18,20-31,34-36H,3-9,11,14-16,19,32-33H2,1-2H3. The van der Waals surface area contributed by atoms with Gasteiger partial charge in [-0.3, -0.25) is 4.79 Å². The van der Waals surface area contributed by atoms with Crippen LogP contribution in [0.25, 0.3) is 11.1 Å². The molecule has 8 nitrogen and oxygen atoms in total. The summed E-state index contributed by atoms with van der Waals surface area (Å²) in [6.45, 7) is 5.31. The van der Waals surface area contributed by atoms with Crippen molar-refractivity contribution in [2.75, 3.05) is 13.2 Å². The van der Waals surface area contributed by atoms with Crippen molar-refractivity contribution < 1.29 is 28.5 Å². The minimum absolute atomic E-state index is 0.266. The predicted octanol–water partition coefficient (Wildman–Crippen LogP) is 13.4. The zero-order chi connectivity index (χ0) is 39.2. The summed E-state index contributed by atoms with van der Waals surface area (Å²) < 4.78 is 23.3. The first kappa shape index (κ1) is 41.4. The van der Waals surface area contributed by atoms with E-state index >= 15 is 0 Å². The number of aryl methyl sites for hydroxylation is 1. The molecule has 56 heavy (non-hydrogen) atoms. The van der Waals surface area contributed by atoms with E-state index in [0.717, 1.165) is 48.1 Å². The van der Waals surface area contributed by atoms with E-state index in [1.165, 1.54) is 38.5 Å². The zero-order valence-electron chi connectivity index (χ0n) is 32.8. The van der Waals surface area contributed by atoms with Gasteiger partial charge in [0.15, 0.2) is 0 Å². The second-order valence-electron chi connectivity index (χ2n) is 14.0. The number of esters is 2. The Morgan fingerprint density at radius 3 is 1.77 bits per heavy atom. The first-order valence-electron chi connectivity index (χ1n) is 20.0. The molecule has 0 bridgehead atoms. The molecule has 5 rings (SSSR count). The molecule has 0 radical (unpaired) electrons. The summed E-state index contributed by atoms with van der Waals surface area (Å²) in [6, 6.07) is 37.4. The van der Waals surface area contributed by atoms with Gasteiger partial charge in [0, 0.05) is 24.6 Å². The second kappa shape index (κ2) is 23.2. The Hall–Kier alpha value is -5.76. The van der Waals surface area contributed by atoms with Crippen LogP contribution in [0.1, 0.15) is 99.9 Å². The summed E-state index contributed by atoms with van der Waals surface area (Å²) in [5.41, 5.74) is 4.89. The molecule has 0 N–H and O–H groups in total. The number of ether oxygens (including phenoxy) is 4. The third kappa shape index (κ3) is 14.8. The molecule has 8 heteroatoms. The minimum Gasteiger partial charge on any atom is -0.494 e. The van der Waals surface area contributed by atoms with Crippen molar-refractivity contribution in [1.82, 2.24) is 0 Å². The Kier molecular flexibility index (Phi) is 17.2. The maximum absolute atomic E-state index is 13.2. The van der Waals surface area contributed by atoms with E-state index in [0.29, 0.717) is 60.2 Å². The summed E-state index contributed by atoms with van der Waals surface area (Å²) in [6.07, 6.45) is 12.4. The highest BCUT2D eigenvalue weighted by atomic mass is 16.5. The molecule has 0 aliphatic rings. The van der Waals surface area contributed by atoms with Crippen molar-refractivity contribution in [3.8, 4) is 34.1 Å². The van der Waals surface area contributed by atoms with Crippen LogP contribution in [0, 0.1) is 6.92 Å². The molecule has 0 aliphatic heterocycles. The summed E-state index contributed by atoms with van der Waals surface area (Å²) in [4.78, 5) is 25.6. The first-order chi connectivity index (χ1) is 27.4. The Labute approximate surface area is 331 Å². The van der Waals surface area contributed by atoms with Crippen LogP contribution < -0.4 is 18.9 Å². The topological polar surface area (TPSA) is 95.8 Å². The lowest BCUT2D eigenvalue weighted by atomic mass is 10.1. The highest BCUT2D eigenvalue weighted by molar-refractivity contribution is 5.91. The second-order valence-corrected chi connectivity index (χ2v) is 14.0. The van der Waals surface area contributed by atoms with E-state index in [2.05, 4.69) is 17.2 Å². The number of nitrogens with zero attached hydrogens (tertiary/aromatic N) is 2. The van der Waals surface area contributed by atoms with Crippen molar-refractivity contribution in [3.63, 3.8) is 0 Å². The molecule has 0 fully saturated rings. The summed E-state index contributed by atoms with van der Waals surface area (Å²) in [7, 11) is 0. The molecule has 0 saturated heterocycles. The predicted molar refractivity (Wildman–Crippen MR) is 223 cm³/mol. The molecular formula is C48H54N2O6. The average molecular weight is 755 g/mol. The maximum atomic E-state index is 13.2. The molecule has 292 valence electrons. The molecule has 0 heterocycles. The van der Waals surface area contributed by atoms with E-state index in [9.17, 15) is 9.59 Å². The highest BCUT2D eigenvalue weighted by Gasteiger charge is 2.12. The van der Waals surface area contributed by atoms with Gasteiger partial charge in [-0.05, 0) is 92.3 Å². The fraction of sp³-hybridized carbons (Fsp3) is 0.333. The largest absolute Gasteiger partial charge is 0.494 e. The number of unbranched alkanes of at least 4 members (excludes halogenated alkanes) is 9. The lowest BCUT2D eigenvalue weighted by Gasteiger charge is -2.11. The SMILES string of the molecule is CCCCCCCCCCOc1ccc(C(=O)Oc2cc(N=Nc3ccc(C)cc3)cc(OCCCCCC(=O)Oc3ccc(-c4ccccc4)cc3)c2)cc1. The Bertz CT molecular complexity index is 1940. The van der Waals surface area contributed by atoms with Gasteiger partial charge in [0.1, 0.15) is 23.0 Å². The first-order valence-corrected chi connectivity index (χ1v) is 20.0. The number of carbonyl (C=O) groups is 2. The van der Waals surface area contributed by atoms with Gasteiger partial charge in [0.05, 0.1) is 30.2 Å². The smallest absolute Gasteiger partial charge is 0.343 e. The molecule has 0 aromatic heterocycles. The monoisotopic (exact) mass is 754 g/mol. The number of hydrogen-bond acceptors (Lipinski definition) is 8. The average Bonchev–Trinajstić information content (AvgIpc) is 3.22. The van der Waals surface area contributed by atoms with Crippen molar-refractivity contribution >= 4 is 23.3 Å². The van der Waals surface area contributed by atoms with Crippen LogP contribution in [0.15, 0.2) is 132 Å². The molecule has 5 aromatic rings. The van der Waals surface area contributed by atoms with Gasteiger partial charge >= 0.3 is 11.9 Å². The van der Waals surface area contributed by atoms with Gasteiger partial charge in [-0.15, -0.1) is 0 Å². The third-order valence-electron chi connectivity index (χ3n) is 9.23. The van der Waals surface area contributed by atoms with Crippen molar-refractivity contribution in [2.24, 2.45) is 10.2 Å². The van der Waals surface area contributed by atoms with E-state index in [4.69, 9.17) is 18.9 Å². The summed E-state index contributed by atoms with van der Waals surface area (Å²) >= 11 is 0. The summed E-state index contributed by atoms with van der Waals surface area (Å²) in [5.74, 6) is 1.28. The van der Waals surface area contributed by atoms with Crippen molar-refractivity contribution in [3.05, 3.63) is 132 Å². The van der Waals surface area contributed by atoms with Crippen LogP contribution in [0.4, 0.5) is 11.4 Å². The molecule has 0 unspecified atom stereocenters. The number of hydrogen-bond donors (Lipinski definition) is 0. The third-order valence-corrected chi connectivity index (χ3v) is 9.23. The van der Waals surface area contributed by atoms with Crippen LogP contribution in [0.2, 0.25) is 0 Å². The van der Waals surface area contributed by atoms with E-state index in [1.54, 1.807) is 42.5 Å². The molecule has 0 aliphatic carbocycles. The van der Waals surface area contributed by atoms with Crippen molar-refractivity contribution in [2.45, 2.75) is 90.9 Å². The van der Waals surface area contributed by atoms with Crippen LogP contribution in [-0.4, -0.2) is 25.2 Å². The maximum Gasteiger partial charge on any atom is 0.343 e. The van der Waals surface area contributed by atoms with Gasteiger partial charge in [-0.2, -0.15) is 10.2 Å². The van der Waals surface area contributed by atoms with Crippen LogP contribution in [-0.2, 0) is 4.79 Å². The normalized spacial score (nSPS) is 11.0. The molecule has 0 atom stereocenters. The number of rotatable bonds is 23. The quantitative estimate of drug-likeness (QED) is 0.0285. The van der Waals surface area contributed by atoms with Gasteiger partial charge in [0.2, 0.25) is 0 Å². The van der Waals surface area contributed by atoms with Crippen LogP contribution in [0.3, 0.4) is 0 Å². The fourth-order valence-electron chi connectivity index (χ4n) is 6.03. The fourth-order valence-corrected chi connectivity index (χ4v) is 6.03. The summed E-state index contributed by atoms with van der Waals surface area (Å²) in [5, 5.41) is 8.76. The Morgan fingerprint density at radius 1 is 0.500 bits per heavy atom. The molecule has 0 saturated carbocycles. The Morgan fingerprint density at radius 2 is 1.07 bits per heavy atom. The number of benzene rings is 5. The lowest BCUT2D eigenvalue weighted by molar-refractivity contribution is -0.134. The molecule has 0 amide bonds. The van der Waals surface area contributed by atoms with Gasteiger partial charge in [-0.25, -0.2) is 4.79 Å².